The van der Waals surface area contributed by atoms with Crippen molar-refractivity contribution in [2.45, 2.75) is 33.6 Å². The minimum atomic E-state index is -0.666. The summed E-state index contributed by atoms with van der Waals surface area (Å²) in [5.74, 6) is -0.665. The molecule has 132 valence electrons. The fourth-order valence-corrected chi connectivity index (χ4v) is 2.75. The maximum absolute atomic E-state index is 12.1. The van der Waals surface area contributed by atoms with Crippen LogP contribution in [0.25, 0.3) is 0 Å². The van der Waals surface area contributed by atoms with Crippen LogP contribution in [0, 0.1) is 13.8 Å². The van der Waals surface area contributed by atoms with Gasteiger partial charge in [0.05, 0.1) is 5.56 Å². The SMILES string of the molecule is Cc1cc(C)c(C(=O)OCC(=O)Nc2ccc(C(C)C)cc2)c(Cl)n1. The van der Waals surface area contributed by atoms with Gasteiger partial charge in [-0.2, -0.15) is 0 Å². The number of aromatic nitrogens is 1. The highest BCUT2D eigenvalue weighted by Crippen LogP contribution is 2.20. The number of carbonyl (C=O) groups is 2. The summed E-state index contributed by atoms with van der Waals surface area (Å²) in [7, 11) is 0. The van der Waals surface area contributed by atoms with Gasteiger partial charge in [-0.05, 0) is 49.1 Å². The van der Waals surface area contributed by atoms with Gasteiger partial charge >= 0.3 is 5.97 Å². The van der Waals surface area contributed by atoms with E-state index >= 15 is 0 Å². The Morgan fingerprint density at radius 3 is 2.40 bits per heavy atom. The highest BCUT2D eigenvalue weighted by molar-refractivity contribution is 6.32. The number of rotatable bonds is 5. The van der Waals surface area contributed by atoms with Gasteiger partial charge in [0.2, 0.25) is 0 Å². The Balaban J connectivity index is 1.94. The summed E-state index contributed by atoms with van der Waals surface area (Å²) >= 11 is 6.00. The molecule has 1 amide bonds. The molecule has 0 saturated carbocycles. The molecule has 0 radical (unpaired) electrons. The van der Waals surface area contributed by atoms with Crippen LogP contribution in [0.1, 0.15) is 46.9 Å². The number of pyridine rings is 1. The third-order valence-electron chi connectivity index (χ3n) is 3.70. The van der Waals surface area contributed by atoms with E-state index in [1.165, 1.54) is 5.56 Å². The van der Waals surface area contributed by atoms with Crippen LogP contribution in [-0.2, 0) is 9.53 Å². The van der Waals surface area contributed by atoms with Crippen molar-refractivity contribution in [3.05, 3.63) is 57.9 Å². The summed E-state index contributed by atoms with van der Waals surface area (Å²) in [5.41, 5.74) is 3.38. The van der Waals surface area contributed by atoms with Crippen molar-refractivity contribution in [3.8, 4) is 0 Å². The lowest BCUT2D eigenvalue weighted by molar-refractivity contribution is -0.119. The summed E-state index contributed by atoms with van der Waals surface area (Å²) in [6.45, 7) is 7.33. The third kappa shape index (κ3) is 5.03. The standard InChI is InChI=1S/C19H21ClN2O3/c1-11(2)14-5-7-15(8-6-14)22-16(23)10-25-19(24)17-12(3)9-13(4)21-18(17)20/h5-9,11H,10H2,1-4H3,(H,22,23). The average Bonchev–Trinajstić information content (AvgIpc) is 2.52. The molecular formula is C19H21ClN2O3. The van der Waals surface area contributed by atoms with E-state index < -0.39 is 18.5 Å². The van der Waals surface area contributed by atoms with E-state index in [1.54, 1.807) is 19.9 Å². The molecule has 1 N–H and O–H groups in total. The van der Waals surface area contributed by atoms with Crippen LogP contribution in [0.2, 0.25) is 5.15 Å². The summed E-state index contributed by atoms with van der Waals surface area (Å²) < 4.78 is 5.05. The molecule has 5 nitrogen and oxygen atoms in total. The molecule has 0 bridgehead atoms. The van der Waals surface area contributed by atoms with Crippen LogP contribution in [0.3, 0.4) is 0 Å². The minimum Gasteiger partial charge on any atom is -0.452 e. The zero-order valence-electron chi connectivity index (χ0n) is 14.7. The van der Waals surface area contributed by atoms with Crippen LogP contribution in [0.4, 0.5) is 5.69 Å². The van der Waals surface area contributed by atoms with Crippen LogP contribution in [0.15, 0.2) is 30.3 Å². The molecule has 0 aliphatic rings. The molecule has 1 heterocycles. The first-order chi connectivity index (χ1) is 11.8. The van der Waals surface area contributed by atoms with Gasteiger partial charge in [0.25, 0.3) is 5.91 Å². The van der Waals surface area contributed by atoms with E-state index in [9.17, 15) is 9.59 Å². The number of nitrogens with zero attached hydrogens (tertiary/aromatic N) is 1. The molecule has 0 atom stereocenters. The smallest absolute Gasteiger partial charge is 0.342 e. The number of benzene rings is 1. The predicted molar refractivity (Wildman–Crippen MR) is 98.2 cm³/mol. The van der Waals surface area contributed by atoms with E-state index in [1.807, 2.05) is 24.3 Å². The monoisotopic (exact) mass is 360 g/mol. The molecule has 6 heteroatoms. The fourth-order valence-electron chi connectivity index (χ4n) is 2.39. The summed E-state index contributed by atoms with van der Waals surface area (Å²) in [5, 5.41) is 2.76. The molecule has 0 fully saturated rings. The first-order valence-corrected chi connectivity index (χ1v) is 8.36. The van der Waals surface area contributed by atoms with E-state index in [2.05, 4.69) is 24.1 Å². The summed E-state index contributed by atoms with van der Waals surface area (Å²) in [4.78, 5) is 28.1. The molecular weight excluding hydrogens is 340 g/mol. The van der Waals surface area contributed by atoms with Crippen molar-refractivity contribution in [1.29, 1.82) is 0 Å². The molecule has 0 unspecified atom stereocenters. The van der Waals surface area contributed by atoms with Gasteiger partial charge in [-0.3, -0.25) is 4.79 Å². The Morgan fingerprint density at radius 2 is 1.84 bits per heavy atom. The lowest BCUT2D eigenvalue weighted by atomic mass is 10.0. The van der Waals surface area contributed by atoms with Gasteiger partial charge in [-0.1, -0.05) is 37.6 Å². The minimum absolute atomic E-state index is 0.0761. The number of ether oxygens (including phenoxy) is 1. The summed E-state index contributed by atoms with van der Waals surface area (Å²) in [6, 6.07) is 9.28. The number of aryl methyl sites for hydroxylation is 2. The first-order valence-electron chi connectivity index (χ1n) is 7.98. The maximum atomic E-state index is 12.1. The van der Waals surface area contributed by atoms with Gasteiger partial charge in [0, 0.05) is 11.4 Å². The second-order valence-electron chi connectivity index (χ2n) is 6.15. The molecule has 2 rings (SSSR count). The number of anilines is 1. The van der Waals surface area contributed by atoms with Crippen molar-refractivity contribution < 1.29 is 14.3 Å². The van der Waals surface area contributed by atoms with Crippen molar-refractivity contribution in [2.75, 3.05) is 11.9 Å². The molecule has 0 saturated heterocycles. The van der Waals surface area contributed by atoms with Gasteiger partial charge in [0.1, 0.15) is 5.15 Å². The number of carbonyl (C=O) groups excluding carboxylic acids is 2. The van der Waals surface area contributed by atoms with Crippen LogP contribution in [-0.4, -0.2) is 23.5 Å². The molecule has 1 aromatic carbocycles. The molecule has 0 aliphatic carbocycles. The normalized spacial score (nSPS) is 10.6. The second kappa shape index (κ2) is 8.12. The molecule has 0 spiro atoms. The summed E-state index contributed by atoms with van der Waals surface area (Å²) in [6.07, 6.45) is 0. The van der Waals surface area contributed by atoms with Crippen LogP contribution < -0.4 is 5.32 Å². The maximum Gasteiger partial charge on any atom is 0.342 e. The molecule has 2 aromatic rings. The Kier molecular flexibility index (Phi) is 6.15. The highest BCUT2D eigenvalue weighted by atomic mass is 35.5. The number of nitrogens with one attached hydrogen (secondary N) is 1. The number of amides is 1. The number of esters is 1. The third-order valence-corrected chi connectivity index (χ3v) is 3.97. The highest BCUT2D eigenvalue weighted by Gasteiger charge is 2.18. The zero-order chi connectivity index (χ0) is 18.6. The largest absolute Gasteiger partial charge is 0.452 e. The van der Waals surface area contributed by atoms with Gasteiger partial charge < -0.3 is 10.1 Å². The fraction of sp³-hybridized carbons (Fsp3) is 0.316. The average molecular weight is 361 g/mol. The second-order valence-corrected chi connectivity index (χ2v) is 6.51. The lowest BCUT2D eigenvalue weighted by Gasteiger charge is -2.10. The van der Waals surface area contributed by atoms with Crippen LogP contribution in [0.5, 0.6) is 0 Å². The molecule has 0 aliphatic heterocycles. The molecule has 25 heavy (non-hydrogen) atoms. The van der Waals surface area contributed by atoms with Crippen molar-refractivity contribution in [3.63, 3.8) is 0 Å². The number of hydrogen-bond acceptors (Lipinski definition) is 4. The van der Waals surface area contributed by atoms with E-state index in [-0.39, 0.29) is 10.7 Å². The van der Waals surface area contributed by atoms with Crippen molar-refractivity contribution >= 4 is 29.2 Å². The lowest BCUT2D eigenvalue weighted by Crippen LogP contribution is -2.21. The zero-order valence-corrected chi connectivity index (χ0v) is 15.5. The predicted octanol–water partition coefficient (Wildman–Crippen LogP) is 4.27. The number of hydrogen-bond donors (Lipinski definition) is 1. The van der Waals surface area contributed by atoms with E-state index in [4.69, 9.17) is 16.3 Å². The van der Waals surface area contributed by atoms with Gasteiger partial charge in [-0.25, -0.2) is 9.78 Å². The van der Waals surface area contributed by atoms with Crippen molar-refractivity contribution in [1.82, 2.24) is 4.98 Å². The number of halogens is 1. The quantitative estimate of drug-likeness (QED) is 0.638. The van der Waals surface area contributed by atoms with Crippen molar-refractivity contribution in [2.24, 2.45) is 0 Å². The Bertz CT molecular complexity index is 763. The van der Waals surface area contributed by atoms with E-state index in [0.717, 1.165) is 0 Å². The topological polar surface area (TPSA) is 68.3 Å². The first kappa shape index (κ1) is 18.9. The van der Waals surface area contributed by atoms with E-state index in [0.29, 0.717) is 22.9 Å². The Hall–Kier alpha value is -2.40. The molecule has 1 aromatic heterocycles. The van der Waals surface area contributed by atoms with Gasteiger partial charge in [-0.15, -0.1) is 0 Å². The Labute approximate surface area is 152 Å². The van der Waals surface area contributed by atoms with Crippen LogP contribution >= 0.6 is 11.6 Å². The Morgan fingerprint density at radius 1 is 1.20 bits per heavy atom. The van der Waals surface area contributed by atoms with Gasteiger partial charge in [0.15, 0.2) is 6.61 Å².